The Labute approximate surface area is 345 Å². The van der Waals surface area contributed by atoms with Crippen LogP contribution in [0.5, 0.6) is 11.5 Å². The van der Waals surface area contributed by atoms with Crippen molar-refractivity contribution in [3.8, 4) is 17.6 Å². The van der Waals surface area contributed by atoms with Crippen LogP contribution in [0, 0.1) is 22.2 Å². The third-order valence-electron chi connectivity index (χ3n) is 12.0. The second kappa shape index (κ2) is 14.8. The van der Waals surface area contributed by atoms with E-state index in [1.807, 2.05) is 44.6 Å². The van der Waals surface area contributed by atoms with E-state index in [2.05, 4.69) is 9.88 Å². The zero-order valence-electron chi connectivity index (χ0n) is 33.1. The lowest BCUT2D eigenvalue weighted by Crippen LogP contribution is -2.77. The number of ether oxygens (including phenoxy) is 2. The summed E-state index contributed by atoms with van der Waals surface area (Å²) >= 11 is 6.26. The van der Waals surface area contributed by atoms with Gasteiger partial charge in [-0.3, -0.25) is 38.5 Å². The van der Waals surface area contributed by atoms with E-state index < -0.39 is 52.6 Å². The number of likely N-dealkylation sites (tertiary alicyclic amines) is 1. The third-order valence-corrected chi connectivity index (χ3v) is 12.3. The topological polar surface area (TPSA) is 194 Å². The second-order valence-corrected chi connectivity index (χ2v) is 17.1. The molecule has 0 radical (unpaired) electrons. The highest BCUT2D eigenvalue weighted by atomic mass is 35.5. The molecule has 5 amide bonds. The Balaban J connectivity index is 0.860. The summed E-state index contributed by atoms with van der Waals surface area (Å²) in [5, 5.41) is 14.3. The van der Waals surface area contributed by atoms with E-state index in [1.165, 1.54) is 11.1 Å². The second-order valence-electron chi connectivity index (χ2n) is 16.7. The van der Waals surface area contributed by atoms with Crippen LogP contribution in [-0.4, -0.2) is 78.9 Å². The van der Waals surface area contributed by atoms with Crippen LogP contribution in [0.2, 0.25) is 5.02 Å². The Morgan fingerprint density at radius 3 is 2.37 bits per heavy atom. The number of fused-ring (bicyclic) bond motifs is 2. The van der Waals surface area contributed by atoms with Crippen molar-refractivity contribution in [2.24, 2.45) is 16.6 Å². The average Bonchev–Trinajstić information content (AvgIpc) is 3.85. The number of imide groups is 2. The van der Waals surface area contributed by atoms with Gasteiger partial charge in [0.25, 0.3) is 17.7 Å². The summed E-state index contributed by atoms with van der Waals surface area (Å²) in [5.41, 5.74) is 7.00. The van der Waals surface area contributed by atoms with E-state index >= 15 is 0 Å². The quantitative estimate of drug-likeness (QED) is 0.144. The summed E-state index contributed by atoms with van der Waals surface area (Å²) in [6.45, 7) is 10.0. The summed E-state index contributed by atoms with van der Waals surface area (Å²) < 4.78 is 14.3. The molecule has 15 nitrogen and oxygen atoms in total. The van der Waals surface area contributed by atoms with Crippen molar-refractivity contribution in [3.05, 3.63) is 99.5 Å². The minimum absolute atomic E-state index is 0.0112. The maximum Gasteiger partial charge on any atom is 0.262 e. The molecule has 2 aromatic carbocycles. The van der Waals surface area contributed by atoms with Crippen LogP contribution in [0.25, 0.3) is 0 Å². The van der Waals surface area contributed by atoms with E-state index in [9.17, 15) is 29.2 Å². The number of unbranched alkanes of at least 4 members (excludes halogenated alkanes) is 1. The molecule has 2 fully saturated rings. The van der Waals surface area contributed by atoms with Crippen molar-refractivity contribution in [1.29, 1.82) is 5.26 Å². The molecule has 1 saturated heterocycles. The van der Waals surface area contributed by atoms with E-state index in [1.54, 1.807) is 48.5 Å². The number of pyridine rings is 1. The first-order valence-electron chi connectivity index (χ1n) is 19.5. The van der Waals surface area contributed by atoms with Crippen molar-refractivity contribution in [1.82, 2.24) is 24.6 Å². The highest BCUT2D eigenvalue weighted by Crippen LogP contribution is 2.58. The van der Waals surface area contributed by atoms with Gasteiger partial charge in [-0.2, -0.15) is 10.4 Å². The molecule has 2 N–H and O–H groups in total. The molecule has 0 bridgehead atoms. The van der Waals surface area contributed by atoms with Gasteiger partial charge >= 0.3 is 0 Å². The maximum atomic E-state index is 14.3. The van der Waals surface area contributed by atoms with Gasteiger partial charge in [-0.05, 0) is 61.7 Å². The van der Waals surface area contributed by atoms with Crippen molar-refractivity contribution < 1.29 is 33.4 Å². The van der Waals surface area contributed by atoms with Crippen LogP contribution >= 0.6 is 11.6 Å². The highest BCUT2D eigenvalue weighted by Gasteiger charge is 2.68. The number of hydrogen-bond donors (Lipinski definition) is 1. The number of halogens is 1. The molecule has 3 aliphatic heterocycles. The standard InChI is InChI=1S/C43H43ClN8O7/c1-42(2)40(43(3,4)41(42)59-28-9-7-24(19-45)31(44)18-28)52-35(53)14-12-33(39(52)57)51-37(55)29-11-10-27(17-30(29)38(51)56)58-16-6-5-15-50-22-26-21-49(23-32(26)48-50)34-13-8-25(20-47-34)36(46)54/h7-11,13,17-18,20,22,33,40-41H,5-6,12,14-16,21,23H2,1-4H3,(H2,46,54). The molecule has 1 atom stereocenters. The number of amides is 5. The summed E-state index contributed by atoms with van der Waals surface area (Å²) in [6, 6.07) is 13.3. The number of rotatable bonds is 12. The Bertz CT molecular complexity index is 2420. The SMILES string of the molecule is CC1(C)C(Oc2ccc(C#N)c(Cl)c2)C(C)(C)C1N1C(=O)CCC(N2C(=O)c3ccc(OCCCCn4cc5c(n4)CN(c4ccc(C(N)=O)cn4)C5)cc3C2=O)C1=O. The number of nitriles is 1. The third kappa shape index (κ3) is 6.84. The van der Waals surface area contributed by atoms with Crippen LogP contribution in [0.1, 0.15) is 101 Å². The number of carbonyl (C=O) groups is 5. The molecule has 304 valence electrons. The summed E-state index contributed by atoms with van der Waals surface area (Å²) in [6.07, 6.45) is 4.59. The zero-order valence-corrected chi connectivity index (χ0v) is 33.9. The Kier molecular flexibility index (Phi) is 9.94. The molecule has 4 aliphatic rings. The van der Waals surface area contributed by atoms with Gasteiger partial charge in [0.15, 0.2) is 0 Å². The molecule has 16 heteroatoms. The molecule has 0 spiro atoms. The van der Waals surface area contributed by atoms with Crippen LogP contribution < -0.4 is 20.1 Å². The number of benzene rings is 2. The van der Waals surface area contributed by atoms with E-state index in [0.717, 1.165) is 28.4 Å². The highest BCUT2D eigenvalue weighted by molar-refractivity contribution is 6.31. The van der Waals surface area contributed by atoms with Gasteiger partial charge in [0.1, 0.15) is 35.5 Å². The van der Waals surface area contributed by atoms with E-state index in [4.69, 9.17) is 31.9 Å². The fraction of sp³-hybridized carbons (Fsp3) is 0.395. The van der Waals surface area contributed by atoms with Gasteiger partial charge in [0.05, 0.1) is 52.2 Å². The van der Waals surface area contributed by atoms with Gasteiger partial charge in [-0.25, -0.2) is 4.98 Å². The van der Waals surface area contributed by atoms with Crippen LogP contribution in [0.4, 0.5) is 5.82 Å². The van der Waals surface area contributed by atoms with Gasteiger partial charge < -0.3 is 20.1 Å². The number of carbonyl (C=O) groups excluding carboxylic acids is 5. The number of nitrogens with two attached hydrogens (primary N) is 1. The average molecular weight is 819 g/mol. The molecule has 2 aromatic heterocycles. The Hall–Kier alpha value is -6.27. The Morgan fingerprint density at radius 2 is 1.69 bits per heavy atom. The fourth-order valence-electron chi connectivity index (χ4n) is 9.55. The van der Waals surface area contributed by atoms with Crippen molar-refractivity contribution in [2.45, 2.75) is 91.2 Å². The molecule has 5 heterocycles. The first kappa shape index (κ1) is 39.6. The molecule has 8 rings (SSSR count). The first-order chi connectivity index (χ1) is 28.1. The van der Waals surface area contributed by atoms with Gasteiger partial charge in [0, 0.05) is 54.4 Å². The number of piperidine rings is 1. The fourth-order valence-corrected chi connectivity index (χ4v) is 9.77. The van der Waals surface area contributed by atoms with Gasteiger partial charge in [0.2, 0.25) is 11.8 Å². The minimum atomic E-state index is -1.15. The lowest BCUT2D eigenvalue weighted by Gasteiger charge is -2.65. The van der Waals surface area contributed by atoms with Crippen LogP contribution in [0.3, 0.4) is 0 Å². The normalized spacial score (nSPS) is 21.6. The number of primary amides is 1. The summed E-state index contributed by atoms with van der Waals surface area (Å²) in [5.74, 6) is -1.01. The van der Waals surface area contributed by atoms with E-state index in [-0.39, 0.29) is 34.9 Å². The monoisotopic (exact) mass is 818 g/mol. The van der Waals surface area contributed by atoms with E-state index in [0.29, 0.717) is 55.3 Å². The number of aromatic nitrogens is 3. The molecule has 1 saturated carbocycles. The van der Waals surface area contributed by atoms with Crippen LogP contribution in [-0.2, 0) is 29.2 Å². The molecule has 4 aromatic rings. The van der Waals surface area contributed by atoms with Gasteiger partial charge in [-0.15, -0.1) is 0 Å². The zero-order chi connectivity index (χ0) is 42.0. The number of aryl methyl sites for hydroxylation is 1. The number of hydrogen-bond acceptors (Lipinski definition) is 11. The maximum absolute atomic E-state index is 14.3. The largest absolute Gasteiger partial charge is 0.494 e. The van der Waals surface area contributed by atoms with Crippen LogP contribution in [0.15, 0.2) is 60.9 Å². The number of anilines is 1. The molecular formula is C43H43ClN8O7. The smallest absolute Gasteiger partial charge is 0.262 e. The lowest BCUT2D eigenvalue weighted by molar-refractivity contribution is -0.216. The number of nitrogens with zero attached hydrogens (tertiary/aromatic N) is 7. The predicted octanol–water partition coefficient (Wildman–Crippen LogP) is 5.28. The molecule has 1 unspecified atom stereocenters. The van der Waals surface area contributed by atoms with Crippen molar-refractivity contribution in [3.63, 3.8) is 0 Å². The molecular weight excluding hydrogens is 776 g/mol. The summed E-state index contributed by atoms with van der Waals surface area (Å²) in [7, 11) is 0. The Morgan fingerprint density at radius 1 is 0.949 bits per heavy atom. The lowest BCUT2D eigenvalue weighted by atomic mass is 9.48. The van der Waals surface area contributed by atoms with Gasteiger partial charge in [-0.1, -0.05) is 39.3 Å². The van der Waals surface area contributed by atoms with Crippen molar-refractivity contribution in [2.75, 3.05) is 11.5 Å². The summed E-state index contributed by atoms with van der Waals surface area (Å²) in [4.78, 5) is 75.5. The minimum Gasteiger partial charge on any atom is -0.494 e. The molecule has 59 heavy (non-hydrogen) atoms. The van der Waals surface area contributed by atoms with Crippen molar-refractivity contribution >= 4 is 47.0 Å². The first-order valence-corrected chi connectivity index (χ1v) is 19.9. The molecule has 1 aliphatic carbocycles. The predicted molar refractivity (Wildman–Crippen MR) is 213 cm³/mol.